The first kappa shape index (κ1) is 23.1. The summed E-state index contributed by atoms with van der Waals surface area (Å²) in [7, 11) is 0. The Morgan fingerprint density at radius 1 is 1.36 bits per heavy atom. The average molecular weight is 353 g/mol. The summed E-state index contributed by atoms with van der Waals surface area (Å²) in [6.45, 7) is 11.1. The molecule has 0 aromatic heterocycles. The molecular weight excluding hydrogens is 322 g/mol. The number of carbonyl (C=O) groups excluding carboxylic acids is 2. The van der Waals surface area contributed by atoms with Gasteiger partial charge in [-0.15, -0.1) is 0 Å². The molecule has 0 saturated carbocycles. The van der Waals surface area contributed by atoms with Crippen molar-refractivity contribution in [1.29, 1.82) is 5.26 Å². The number of hydrogen-bond acceptors (Lipinski definition) is 6. The Hall–Kier alpha value is -1.87. The second-order valence-electron chi connectivity index (χ2n) is 6.86. The number of rotatable bonds is 13. The van der Waals surface area contributed by atoms with Crippen LogP contribution in [0.3, 0.4) is 0 Å². The Kier molecular flexibility index (Phi) is 10.8. The zero-order valence-electron chi connectivity index (χ0n) is 15.8. The molecule has 0 bridgehead atoms. The first-order valence-electron chi connectivity index (χ1n) is 8.82. The minimum atomic E-state index is -0.916. The van der Waals surface area contributed by atoms with E-state index in [1.807, 2.05) is 6.92 Å². The van der Waals surface area contributed by atoms with Crippen LogP contribution in [0.1, 0.15) is 66.2 Å². The van der Waals surface area contributed by atoms with Crippen molar-refractivity contribution in [3.63, 3.8) is 0 Å². The van der Waals surface area contributed by atoms with Crippen LogP contribution >= 0.6 is 0 Å². The molecule has 0 amide bonds. The summed E-state index contributed by atoms with van der Waals surface area (Å²) in [5, 5.41) is 18.2. The van der Waals surface area contributed by atoms with Crippen molar-refractivity contribution in [2.45, 2.75) is 66.2 Å². The Morgan fingerprint density at radius 2 is 2.00 bits per heavy atom. The predicted molar refractivity (Wildman–Crippen MR) is 94.2 cm³/mol. The van der Waals surface area contributed by atoms with Gasteiger partial charge < -0.3 is 9.62 Å². The summed E-state index contributed by atoms with van der Waals surface area (Å²) in [6.07, 6.45) is 2.80. The molecule has 3 unspecified atom stereocenters. The first-order valence-corrected chi connectivity index (χ1v) is 8.82. The smallest absolute Gasteiger partial charge is 0.308 e. The van der Waals surface area contributed by atoms with E-state index in [4.69, 9.17) is 9.99 Å². The molecular formula is C19H31NO5. The third kappa shape index (κ3) is 8.69. The van der Waals surface area contributed by atoms with Crippen molar-refractivity contribution in [3.05, 3.63) is 12.3 Å². The summed E-state index contributed by atoms with van der Waals surface area (Å²) < 4.78 is 5.21. The molecule has 0 aliphatic rings. The molecule has 0 aliphatic carbocycles. The molecule has 0 aromatic rings. The van der Waals surface area contributed by atoms with Gasteiger partial charge in [-0.05, 0) is 26.2 Å². The molecule has 0 saturated heterocycles. The predicted octanol–water partition coefficient (Wildman–Crippen LogP) is 4.26. The van der Waals surface area contributed by atoms with Crippen LogP contribution in [0.25, 0.3) is 0 Å². The number of ketones is 1. The topological polar surface area (TPSA) is 96.6 Å². The van der Waals surface area contributed by atoms with Crippen LogP contribution in [0.5, 0.6) is 0 Å². The van der Waals surface area contributed by atoms with Gasteiger partial charge in [-0.2, -0.15) is 5.26 Å². The van der Waals surface area contributed by atoms with Crippen molar-refractivity contribution in [3.8, 4) is 6.07 Å². The molecule has 0 aliphatic heterocycles. The molecule has 0 radical (unpaired) electrons. The van der Waals surface area contributed by atoms with Crippen molar-refractivity contribution >= 4 is 11.8 Å². The zero-order valence-corrected chi connectivity index (χ0v) is 15.8. The van der Waals surface area contributed by atoms with E-state index in [-0.39, 0.29) is 30.4 Å². The Bertz CT molecular complexity index is 497. The van der Waals surface area contributed by atoms with Crippen molar-refractivity contribution in [2.75, 3.05) is 6.61 Å². The number of nitrogens with zero attached hydrogens (tertiary/aromatic N) is 1. The van der Waals surface area contributed by atoms with Gasteiger partial charge in [0, 0.05) is 18.8 Å². The van der Waals surface area contributed by atoms with Gasteiger partial charge in [0.2, 0.25) is 0 Å². The summed E-state index contributed by atoms with van der Waals surface area (Å²) in [5.74, 6) is -1.10. The van der Waals surface area contributed by atoms with E-state index >= 15 is 0 Å². The van der Waals surface area contributed by atoms with E-state index in [1.165, 1.54) is 0 Å². The lowest BCUT2D eigenvalue weighted by Crippen LogP contribution is -2.28. The number of ether oxygens (including phenoxy) is 1. The maximum Gasteiger partial charge on any atom is 0.308 e. The minimum Gasteiger partial charge on any atom is -0.465 e. The zero-order chi connectivity index (χ0) is 19.5. The van der Waals surface area contributed by atoms with Crippen molar-refractivity contribution < 1.29 is 24.5 Å². The van der Waals surface area contributed by atoms with Crippen LogP contribution in [0.2, 0.25) is 0 Å². The van der Waals surface area contributed by atoms with Gasteiger partial charge in [0.05, 0.1) is 24.0 Å². The summed E-state index contributed by atoms with van der Waals surface area (Å²) in [5.41, 5.74) is -0.916. The maximum absolute atomic E-state index is 12.3. The molecule has 1 N–H and O–H groups in total. The monoisotopic (exact) mass is 353 g/mol. The molecule has 3 atom stereocenters. The van der Waals surface area contributed by atoms with Crippen LogP contribution in [-0.4, -0.2) is 23.6 Å². The summed E-state index contributed by atoms with van der Waals surface area (Å²) in [4.78, 5) is 28.5. The van der Waals surface area contributed by atoms with E-state index in [0.717, 1.165) is 12.8 Å². The lowest BCUT2D eigenvalue weighted by molar-refractivity contribution is -0.207. The molecule has 142 valence electrons. The normalized spacial score (nSPS) is 15.4. The van der Waals surface area contributed by atoms with Gasteiger partial charge in [-0.1, -0.05) is 33.8 Å². The Labute approximate surface area is 150 Å². The molecule has 6 nitrogen and oxygen atoms in total. The highest BCUT2D eigenvalue weighted by Crippen LogP contribution is 2.35. The standard InChI is InChI=1S/C19H31NO5/c1-6-8-9-24-18(22)14(3)10-16(17(21)7-2)12-19(5,13-20)11-15(4)25-23/h14,16,23H,4,6-12H2,1-3,5H3. The van der Waals surface area contributed by atoms with E-state index in [0.29, 0.717) is 19.4 Å². The second kappa shape index (κ2) is 11.6. The van der Waals surface area contributed by atoms with Gasteiger partial charge in [0.15, 0.2) is 0 Å². The third-order valence-corrected chi connectivity index (χ3v) is 4.27. The molecule has 6 heteroatoms. The van der Waals surface area contributed by atoms with Gasteiger partial charge in [0.1, 0.15) is 11.5 Å². The Balaban J connectivity index is 5.01. The minimum absolute atomic E-state index is 0.00483. The summed E-state index contributed by atoms with van der Waals surface area (Å²) in [6, 6.07) is 2.18. The lowest BCUT2D eigenvalue weighted by atomic mass is 9.75. The molecule has 0 rings (SSSR count). The van der Waals surface area contributed by atoms with Gasteiger partial charge in [-0.25, -0.2) is 5.26 Å². The van der Waals surface area contributed by atoms with Crippen molar-refractivity contribution in [2.24, 2.45) is 17.3 Å². The van der Waals surface area contributed by atoms with E-state index in [1.54, 1.807) is 20.8 Å². The number of nitriles is 1. The van der Waals surface area contributed by atoms with Gasteiger partial charge in [-0.3, -0.25) is 9.59 Å². The second-order valence-corrected chi connectivity index (χ2v) is 6.86. The molecule has 25 heavy (non-hydrogen) atoms. The lowest BCUT2D eigenvalue weighted by Gasteiger charge is -2.27. The number of Topliss-reactive ketones (excluding diaryl/α,β-unsaturated/α-hetero) is 1. The van der Waals surface area contributed by atoms with Crippen LogP contribution in [0.4, 0.5) is 0 Å². The van der Waals surface area contributed by atoms with E-state index in [9.17, 15) is 14.9 Å². The van der Waals surface area contributed by atoms with E-state index < -0.39 is 17.3 Å². The number of hydrogen-bond donors (Lipinski definition) is 1. The molecule has 0 heterocycles. The highest BCUT2D eigenvalue weighted by Gasteiger charge is 2.34. The highest BCUT2D eigenvalue weighted by atomic mass is 17.1. The highest BCUT2D eigenvalue weighted by molar-refractivity contribution is 5.81. The van der Waals surface area contributed by atoms with Crippen molar-refractivity contribution in [1.82, 2.24) is 0 Å². The summed E-state index contributed by atoms with van der Waals surface area (Å²) >= 11 is 0. The van der Waals surface area contributed by atoms with E-state index in [2.05, 4.69) is 17.5 Å². The van der Waals surface area contributed by atoms with Crippen LogP contribution in [0, 0.1) is 28.6 Å². The maximum atomic E-state index is 12.3. The number of carbonyl (C=O) groups is 2. The fourth-order valence-corrected chi connectivity index (χ4v) is 2.77. The Morgan fingerprint density at radius 3 is 2.48 bits per heavy atom. The van der Waals surface area contributed by atoms with Crippen LogP contribution in [0.15, 0.2) is 12.3 Å². The number of unbranched alkanes of at least 4 members (excludes halogenated alkanes) is 1. The average Bonchev–Trinajstić information content (AvgIpc) is 2.60. The number of esters is 1. The fraction of sp³-hybridized carbons (Fsp3) is 0.737. The quantitative estimate of drug-likeness (QED) is 0.175. The molecule has 0 aromatic carbocycles. The number of allylic oxidation sites excluding steroid dienone is 1. The SMILES string of the molecule is C=C(CC(C)(C#N)CC(CC(C)C(=O)OCCCC)C(=O)CC)OO. The molecule has 0 spiro atoms. The first-order chi connectivity index (χ1) is 11.7. The van der Waals surface area contributed by atoms with Crippen LogP contribution in [-0.2, 0) is 19.2 Å². The van der Waals surface area contributed by atoms with Crippen LogP contribution < -0.4 is 0 Å². The third-order valence-electron chi connectivity index (χ3n) is 4.27. The fourth-order valence-electron chi connectivity index (χ4n) is 2.77. The molecule has 0 fully saturated rings. The van der Waals surface area contributed by atoms with Gasteiger partial charge in [0.25, 0.3) is 0 Å². The van der Waals surface area contributed by atoms with Gasteiger partial charge >= 0.3 is 5.97 Å². The largest absolute Gasteiger partial charge is 0.465 e.